The van der Waals surface area contributed by atoms with Gasteiger partial charge in [-0.1, -0.05) is 0 Å². The van der Waals surface area contributed by atoms with Gasteiger partial charge in [0.15, 0.2) is 0 Å². The fourth-order valence-corrected chi connectivity index (χ4v) is 1.10. The Morgan fingerprint density at radius 1 is 1.46 bits per heavy atom. The second-order valence-electron chi connectivity index (χ2n) is 3.54. The SMILES string of the molecule is Cc1ccn(CCN(C)C)c(=O)c1. The second-order valence-corrected chi connectivity index (χ2v) is 3.54. The summed E-state index contributed by atoms with van der Waals surface area (Å²) < 4.78 is 1.73. The van der Waals surface area contributed by atoms with E-state index in [0.717, 1.165) is 18.7 Å². The van der Waals surface area contributed by atoms with Crippen LogP contribution in [0.1, 0.15) is 5.56 Å². The topological polar surface area (TPSA) is 25.2 Å². The lowest BCUT2D eigenvalue weighted by atomic mass is 10.3. The molecule has 1 rings (SSSR count). The molecule has 0 saturated heterocycles. The van der Waals surface area contributed by atoms with Gasteiger partial charge in [0, 0.05) is 25.4 Å². The minimum atomic E-state index is 0.0850. The third kappa shape index (κ3) is 3.03. The number of hydrogen-bond acceptors (Lipinski definition) is 2. The van der Waals surface area contributed by atoms with E-state index in [0.29, 0.717) is 0 Å². The first-order valence-corrected chi connectivity index (χ1v) is 4.41. The highest BCUT2D eigenvalue weighted by atomic mass is 16.1. The van der Waals surface area contributed by atoms with Gasteiger partial charge >= 0.3 is 0 Å². The van der Waals surface area contributed by atoms with Crippen molar-refractivity contribution in [2.75, 3.05) is 20.6 Å². The molecule has 0 aromatic carbocycles. The summed E-state index contributed by atoms with van der Waals surface area (Å²) in [6.07, 6.45) is 1.85. The number of aromatic nitrogens is 1. The van der Waals surface area contributed by atoms with Crippen LogP contribution >= 0.6 is 0 Å². The highest BCUT2D eigenvalue weighted by Gasteiger charge is 1.96. The molecule has 0 N–H and O–H groups in total. The van der Waals surface area contributed by atoms with Gasteiger partial charge in [0.05, 0.1) is 0 Å². The van der Waals surface area contributed by atoms with E-state index in [1.165, 1.54) is 0 Å². The monoisotopic (exact) mass is 180 g/mol. The molecule has 1 heterocycles. The highest BCUT2D eigenvalue weighted by Crippen LogP contribution is 1.91. The summed E-state index contributed by atoms with van der Waals surface area (Å²) in [6, 6.07) is 3.62. The van der Waals surface area contributed by atoms with Crippen LogP contribution in [0.25, 0.3) is 0 Å². The van der Waals surface area contributed by atoms with Gasteiger partial charge in [-0.25, -0.2) is 0 Å². The predicted octanol–water partition coefficient (Wildman–Crippen LogP) is 0.718. The Kier molecular flexibility index (Phi) is 3.25. The van der Waals surface area contributed by atoms with Crippen molar-refractivity contribution >= 4 is 0 Å². The number of hydrogen-bond donors (Lipinski definition) is 0. The van der Waals surface area contributed by atoms with E-state index in [1.807, 2.05) is 33.3 Å². The van der Waals surface area contributed by atoms with E-state index in [4.69, 9.17) is 0 Å². The third-order valence-corrected chi connectivity index (χ3v) is 1.94. The molecule has 1 aromatic heterocycles. The molecule has 0 fully saturated rings. The summed E-state index contributed by atoms with van der Waals surface area (Å²) in [5, 5.41) is 0. The standard InChI is InChI=1S/C10H16N2O/c1-9-4-5-12(10(13)8-9)7-6-11(2)3/h4-5,8H,6-7H2,1-3H3. The number of nitrogens with zero attached hydrogens (tertiary/aromatic N) is 2. The van der Waals surface area contributed by atoms with E-state index < -0.39 is 0 Å². The molecule has 3 nitrogen and oxygen atoms in total. The Bertz CT molecular complexity index is 328. The van der Waals surface area contributed by atoms with E-state index >= 15 is 0 Å². The van der Waals surface area contributed by atoms with Crippen LogP contribution in [0.2, 0.25) is 0 Å². The molecule has 0 aliphatic heterocycles. The minimum absolute atomic E-state index is 0.0850. The second kappa shape index (κ2) is 4.23. The molecule has 72 valence electrons. The maximum absolute atomic E-state index is 11.4. The van der Waals surface area contributed by atoms with E-state index in [-0.39, 0.29) is 5.56 Å². The van der Waals surface area contributed by atoms with Crippen LogP contribution in [0.15, 0.2) is 23.1 Å². The summed E-state index contributed by atoms with van der Waals surface area (Å²) in [5.41, 5.74) is 1.10. The van der Waals surface area contributed by atoms with Crippen molar-refractivity contribution < 1.29 is 0 Å². The molecule has 0 amide bonds. The Morgan fingerprint density at radius 3 is 2.69 bits per heavy atom. The minimum Gasteiger partial charge on any atom is -0.314 e. The van der Waals surface area contributed by atoms with Crippen molar-refractivity contribution in [1.29, 1.82) is 0 Å². The Balaban J connectivity index is 2.73. The molecular formula is C10H16N2O. The molecule has 3 heteroatoms. The van der Waals surface area contributed by atoms with Crippen LogP contribution in [0.3, 0.4) is 0 Å². The normalized spacial score (nSPS) is 10.8. The molecule has 0 aliphatic carbocycles. The van der Waals surface area contributed by atoms with Gasteiger partial charge in [0.25, 0.3) is 5.56 Å². The van der Waals surface area contributed by atoms with Gasteiger partial charge in [-0.2, -0.15) is 0 Å². The maximum Gasteiger partial charge on any atom is 0.250 e. The molecule has 0 unspecified atom stereocenters. The smallest absolute Gasteiger partial charge is 0.250 e. The summed E-state index contributed by atoms with van der Waals surface area (Å²) >= 11 is 0. The molecule has 0 radical (unpaired) electrons. The molecule has 0 bridgehead atoms. The third-order valence-electron chi connectivity index (χ3n) is 1.94. The van der Waals surface area contributed by atoms with Gasteiger partial charge in [-0.3, -0.25) is 4.79 Å². The van der Waals surface area contributed by atoms with Crippen LogP contribution < -0.4 is 5.56 Å². The molecular weight excluding hydrogens is 164 g/mol. The van der Waals surface area contributed by atoms with Crippen LogP contribution in [-0.2, 0) is 6.54 Å². The summed E-state index contributed by atoms with van der Waals surface area (Å²) in [7, 11) is 4.00. The van der Waals surface area contributed by atoms with Crippen LogP contribution in [0, 0.1) is 6.92 Å². The fraction of sp³-hybridized carbons (Fsp3) is 0.500. The Labute approximate surface area is 78.6 Å². The Hall–Kier alpha value is -1.09. The van der Waals surface area contributed by atoms with Crippen molar-refractivity contribution in [3.8, 4) is 0 Å². The van der Waals surface area contributed by atoms with Crippen molar-refractivity contribution in [2.45, 2.75) is 13.5 Å². The summed E-state index contributed by atoms with van der Waals surface area (Å²) in [4.78, 5) is 13.5. The molecule has 0 atom stereocenters. The lowest BCUT2D eigenvalue weighted by Gasteiger charge is -2.10. The average Bonchev–Trinajstić information content (AvgIpc) is 2.02. The zero-order valence-electron chi connectivity index (χ0n) is 8.45. The molecule has 0 spiro atoms. The zero-order chi connectivity index (χ0) is 9.84. The van der Waals surface area contributed by atoms with Crippen molar-refractivity contribution in [3.05, 3.63) is 34.2 Å². The van der Waals surface area contributed by atoms with Crippen LogP contribution in [0.4, 0.5) is 0 Å². The number of pyridine rings is 1. The number of aryl methyl sites for hydroxylation is 1. The van der Waals surface area contributed by atoms with Gasteiger partial charge in [0.2, 0.25) is 0 Å². The first-order valence-electron chi connectivity index (χ1n) is 4.41. The van der Waals surface area contributed by atoms with Gasteiger partial charge < -0.3 is 9.47 Å². The van der Waals surface area contributed by atoms with Gasteiger partial charge in [-0.15, -0.1) is 0 Å². The quantitative estimate of drug-likeness (QED) is 0.684. The largest absolute Gasteiger partial charge is 0.314 e. The lowest BCUT2D eigenvalue weighted by Crippen LogP contribution is -2.25. The fourth-order valence-electron chi connectivity index (χ4n) is 1.10. The summed E-state index contributed by atoms with van der Waals surface area (Å²) in [6.45, 7) is 3.58. The number of likely N-dealkylation sites (N-methyl/N-ethyl adjacent to an activating group) is 1. The van der Waals surface area contributed by atoms with Crippen LogP contribution in [-0.4, -0.2) is 30.1 Å². The maximum atomic E-state index is 11.4. The molecule has 0 saturated carbocycles. The van der Waals surface area contributed by atoms with E-state index in [1.54, 1.807) is 10.6 Å². The van der Waals surface area contributed by atoms with Crippen molar-refractivity contribution in [2.24, 2.45) is 0 Å². The Morgan fingerprint density at radius 2 is 2.15 bits per heavy atom. The van der Waals surface area contributed by atoms with Crippen molar-refractivity contribution in [3.63, 3.8) is 0 Å². The summed E-state index contributed by atoms with van der Waals surface area (Å²) in [5.74, 6) is 0. The first-order chi connectivity index (χ1) is 6.09. The van der Waals surface area contributed by atoms with Crippen LogP contribution in [0.5, 0.6) is 0 Å². The lowest BCUT2D eigenvalue weighted by molar-refractivity contribution is 0.381. The average molecular weight is 180 g/mol. The highest BCUT2D eigenvalue weighted by molar-refractivity contribution is 5.07. The zero-order valence-corrected chi connectivity index (χ0v) is 8.45. The molecule has 1 aromatic rings. The van der Waals surface area contributed by atoms with E-state index in [2.05, 4.69) is 4.90 Å². The predicted molar refractivity (Wildman–Crippen MR) is 54.0 cm³/mol. The molecule has 13 heavy (non-hydrogen) atoms. The van der Waals surface area contributed by atoms with E-state index in [9.17, 15) is 4.79 Å². The van der Waals surface area contributed by atoms with Gasteiger partial charge in [0.1, 0.15) is 0 Å². The number of rotatable bonds is 3. The molecule has 0 aliphatic rings. The first kappa shape index (κ1) is 9.99. The van der Waals surface area contributed by atoms with Crippen molar-refractivity contribution in [1.82, 2.24) is 9.47 Å². The van der Waals surface area contributed by atoms with Gasteiger partial charge in [-0.05, 0) is 32.6 Å².